The Balaban J connectivity index is 2.88. The summed E-state index contributed by atoms with van der Waals surface area (Å²) in [6, 6.07) is 1.26. The minimum atomic E-state index is -1.05. The summed E-state index contributed by atoms with van der Waals surface area (Å²) >= 11 is 0. The fraction of sp³-hybridized carbons (Fsp3) is 0.364. The van der Waals surface area contributed by atoms with Gasteiger partial charge in [-0.3, -0.25) is 14.9 Å². The first-order valence-corrected chi connectivity index (χ1v) is 5.39. The number of carboxylic acids is 1. The minimum absolute atomic E-state index is 0.123. The lowest BCUT2D eigenvalue weighted by Gasteiger charge is -2.19. The smallest absolute Gasteiger partial charge is 0.303 e. The second-order valence-corrected chi connectivity index (χ2v) is 3.93. The van der Waals surface area contributed by atoms with Crippen LogP contribution in [0.3, 0.4) is 0 Å². The van der Waals surface area contributed by atoms with E-state index in [-0.39, 0.29) is 19.4 Å². The minimum Gasteiger partial charge on any atom is -0.481 e. The van der Waals surface area contributed by atoms with E-state index in [2.05, 4.69) is 0 Å². The highest BCUT2D eigenvalue weighted by Gasteiger charge is 2.19. The Bertz CT molecular complexity index is 484. The Morgan fingerprint density at radius 3 is 2.37 bits per heavy atom. The third-order valence-corrected chi connectivity index (χ3v) is 2.48. The third-order valence-electron chi connectivity index (χ3n) is 2.48. The van der Waals surface area contributed by atoms with Crippen LogP contribution in [0.25, 0.3) is 0 Å². The lowest BCUT2D eigenvalue weighted by Crippen LogP contribution is -2.22. The first-order valence-electron chi connectivity index (χ1n) is 5.39. The quantitative estimate of drug-likeness (QED) is 0.635. The van der Waals surface area contributed by atoms with Gasteiger partial charge in [0.1, 0.15) is 5.69 Å². The van der Waals surface area contributed by atoms with Gasteiger partial charge >= 0.3 is 5.97 Å². The van der Waals surface area contributed by atoms with Gasteiger partial charge in [-0.05, 0) is 6.42 Å². The molecule has 1 rings (SSSR count). The zero-order valence-corrected chi connectivity index (χ0v) is 10.1. The summed E-state index contributed by atoms with van der Waals surface area (Å²) in [5, 5.41) is 18.9. The van der Waals surface area contributed by atoms with Crippen molar-refractivity contribution in [3.8, 4) is 0 Å². The number of aliphatic carboxylic acids is 1. The molecule has 0 atom stereocenters. The van der Waals surface area contributed by atoms with Crippen molar-refractivity contribution in [2.75, 3.05) is 18.5 Å². The molecule has 0 aliphatic heterocycles. The first-order chi connectivity index (χ1) is 8.82. The summed E-state index contributed by atoms with van der Waals surface area (Å²) in [6.07, 6.45) is 0.0856. The van der Waals surface area contributed by atoms with Crippen molar-refractivity contribution < 1.29 is 23.6 Å². The van der Waals surface area contributed by atoms with Gasteiger partial charge in [-0.1, -0.05) is 0 Å². The Kier molecular flexibility index (Phi) is 4.74. The number of nitrogens with zero attached hydrogens (tertiary/aromatic N) is 2. The van der Waals surface area contributed by atoms with Gasteiger partial charge in [-0.25, -0.2) is 8.78 Å². The van der Waals surface area contributed by atoms with E-state index in [9.17, 15) is 23.7 Å². The maximum Gasteiger partial charge on any atom is 0.303 e. The van der Waals surface area contributed by atoms with Crippen LogP contribution in [0.2, 0.25) is 0 Å². The number of anilines is 1. The van der Waals surface area contributed by atoms with E-state index in [0.717, 1.165) is 0 Å². The molecular formula is C11H12F2N2O4. The number of hydrogen-bond acceptors (Lipinski definition) is 4. The molecule has 19 heavy (non-hydrogen) atoms. The number of carbonyl (C=O) groups is 1. The number of nitro groups is 1. The Morgan fingerprint density at radius 2 is 1.95 bits per heavy atom. The molecule has 0 saturated heterocycles. The van der Waals surface area contributed by atoms with Crippen molar-refractivity contribution in [1.29, 1.82) is 0 Å². The zero-order valence-electron chi connectivity index (χ0n) is 10.1. The molecular weight excluding hydrogens is 262 g/mol. The van der Waals surface area contributed by atoms with E-state index in [1.54, 1.807) is 0 Å². The number of halogens is 2. The second-order valence-electron chi connectivity index (χ2n) is 3.93. The van der Waals surface area contributed by atoms with Crippen LogP contribution in [0.1, 0.15) is 12.8 Å². The molecule has 8 heteroatoms. The average molecular weight is 274 g/mol. The zero-order chi connectivity index (χ0) is 14.6. The predicted molar refractivity (Wildman–Crippen MR) is 63.2 cm³/mol. The summed E-state index contributed by atoms with van der Waals surface area (Å²) in [7, 11) is 1.38. The van der Waals surface area contributed by atoms with Crippen LogP contribution in [0.15, 0.2) is 12.1 Å². The average Bonchev–Trinajstić information content (AvgIpc) is 2.27. The van der Waals surface area contributed by atoms with E-state index in [1.165, 1.54) is 11.9 Å². The van der Waals surface area contributed by atoms with Crippen molar-refractivity contribution in [2.24, 2.45) is 0 Å². The first kappa shape index (κ1) is 14.8. The normalized spacial score (nSPS) is 10.3. The highest BCUT2D eigenvalue weighted by molar-refractivity contribution is 5.66. The Labute approximate surface area is 107 Å². The fourth-order valence-corrected chi connectivity index (χ4v) is 1.60. The molecule has 0 aromatic heterocycles. The highest BCUT2D eigenvalue weighted by Crippen LogP contribution is 2.27. The molecule has 0 spiro atoms. The van der Waals surface area contributed by atoms with Crippen molar-refractivity contribution in [2.45, 2.75) is 12.8 Å². The summed E-state index contributed by atoms with van der Waals surface area (Å²) in [4.78, 5) is 21.1. The van der Waals surface area contributed by atoms with Crippen molar-refractivity contribution in [3.63, 3.8) is 0 Å². The second kappa shape index (κ2) is 6.07. The van der Waals surface area contributed by atoms with Crippen LogP contribution in [0.4, 0.5) is 20.2 Å². The third kappa shape index (κ3) is 3.87. The lowest BCUT2D eigenvalue weighted by atomic mass is 10.2. The number of carboxylic acid groups (broad SMARTS) is 1. The molecule has 1 aromatic carbocycles. The van der Waals surface area contributed by atoms with Gasteiger partial charge in [0.2, 0.25) is 0 Å². The maximum absolute atomic E-state index is 13.6. The van der Waals surface area contributed by atoms with Gasteiger partial charge in [0, 0.05) is 20.0 Å². The topological polar surface area (TPSA) is 83.7 Å². The highest BCUT2D eigenvalue weighted by atomic mass is 19.1. The van der Waals surface area contributed by atoms with Crippen LogP contribution in [-0.2, 0) is 4.79 Å². The van der Waals surface area contributed by atoms with E-state index in [4.69, 9.17) is 5.11 Å². The molecule has 104 valence electrons. The molecule has 0 radical (unpaired) electrons. The van der Waals surface area contributed by atoms with Crippen LogP contribution in [-0.4, -0.2) is 29.6 Å². The van der Waals surface area contributed by atoms with E-state index < -0.39 is 33.9 Å². The number of rotatable bonds is 6. The van der Waals surface area contributed by atoms with Crippen molar-refractivity contribution >= 4 is 17.3 Å². The maximum atomic E-state index is 13.6. The lowest BCUT2D eigenvalue weighted by molar-refractivity contribution is -0.385. The van der Waals surface area contributed by atoms with Gasteiger partial charge in [-0.15, -0.1) is 0 Å². The van der Waals surface area contributed by atoms with E-state index in [1.807, 2.05) is 0 Å². The number of hydrogen-bond donors (Lipinski definition) is 1. The predicted octanol–water partition coefficient (Wildman–Crippen LogP) is 2.17. The van der Waals surface area contributed by atoms with Crippen LogP contribution >= 0.6 is 0 Å². The molecule has 1 aromatic rings. The van der Waals surface area contributed by atoms with Gasteiger partial charge in [0.05, 0.1) is 17.1 Å². The molecule has 6 nitrogen and oxygen atoms in total. The van der Waals surface area contributed by atoms with Gasteiger partial charge in [0.15, 0.2) is 11.6 Å². The standard InChI is InChI=1S/C11H12F2N2O4/c1-14(4-2-3-10(16)17)11-8(12)5-7(15(18)19)6-9(11)13/h5-6H,2-4H2,1H3,(H,16,17). The van der Waals surface area contributed by atoms with E-state index >= 15 is 0 Å². The molecule has 0 saturated carbocycles. The molecule has 1 N–H and O–H groups in total. The summed E-state index contributed by atoms with van der Waals surface area (Å²) in [6.45, 7) is 0.123. The van der Waals surface area contributed by atoms with Gasteiger partial charge < -0.3 is 10.0 Å². The largest absolute Gasteiger partial charge is 0.481 e. The number of benzene rings is 1. The van der Waals surface area contributed by atoms with Crippen LogP contribution in [0.5, 0.6) is 0 Å². The Morgan fingerprint density at radius 1 is 1.42 bits per heavy atom. The summed E-state index contributed by atoms with van der Waals surface area (Å²) < 4.78 is 27.2. The van der Waals surface area contributed by atoms with Crippen molar-refractivity contribution in [1.82, 2.24) is 0 Å². The molecule has 0 fully saturated rings. The summed E-state index contributed by atoms with van der Waals surface area (Å²) in [5.41, 5.74) is -1.08. The van der Waals surface area contributed by atoms with Crippen LogP contribution < -0.4 is 4.90 Å². The monoisotopic (exact) mass is 274 g/mol. The molecule has 0 bridgehead atoms. The van der Waals surface area contributed by atoms with Gasteiger partial charge in [0.25, 0.3) is 5.69 Å². The fourth-order valence-electron chi connectivity index (χ4n) is 1.60. The molecule has 0 aliphatic carbocycles. The van der Waals surface area contributed by atoms with Crippen LogP contribution in [0, 0.1) is 21.7 Å². The van der Waals surface area contributed by atoms with Gasteiger partial charge in [-0.2, -0.15) is 0 Å². The SMILES string of the molecule is CN(CCCC(=O)O)c1c(F)cc([N+](=O)[O-])cc1F. The number of non-ortho nitro benzene ring substituents is 1. The molecule has 0 aliphatic rings. The Hall–Kier alpha value is -2.25. The molecule has 0 amide bonds. The number of nitro benzene ring substituents is 1. The molecule has 0 heterocycles. The summed E-state index contributed by atoms with van der Waals surface area (Å²) in [5.74, 6) is -3.10. The molecule has 0 unspecified atom stereocenters. The van der Waals surface area contributed by atoms with Crippen molar-refractivity contribution in [3.05, 3.63) is 33.9 Å². The van der Waals surface area contributed by atoms with E-state index in [0.29, 0.717) is 12.1 Å².